The Labute approximate surface area is 99.7 Å². The Morgan fingerprint density at radius 3 is 2.25 bits per heavy atom. The van der Waals surface area contributed by atoms with Crippen LogP contribution in [0.15, 0.2) is 54.6 Å². The Balaban J connectivity index is 2.19. The van der Waals surface area contributed by atoms with Gasteiger partial charge in [0.25, 0.3) is 0 Å². The fourth-order valence-corrected chi connectivity index (χ4v) is 1.62. The minimum absolute atomic E-state index is 0.393. The maximum atomic E-state index is 5.81. The first kappa shape index (κ1) is 10.6. The number of hydrogen-bond acceptors (Lipinski definition) is 3. The van der Waals surface area contributed by atoms with E-state index >= 15 is 0 Å². The molecule has 3 heteroatoms. The molecule has 0 saturated carbocycles. The average molecular weight is 229 g/mol. The molecule has 0 spiro atoms. The predicted molar refractivity (Wildman–Crippen MR) is 69.6 cm³/mol. The molecule has 2 nitrogen and oxygen atoms in total. The number of hydrogen-bond donors (Lipinski definition) is 1. The number of rotatable bonds is 2. The normalized spacial score (nSPS) is 9.75. The van der Waals surface area contributed by atoms with E-state index in [9.17, 15) is 0 Å². The highest BCUT2D eigenvalue weighted by atomic mass is 32.1. The van der Waals surface area contributed by atoms with Crippen LogP contribution in [0.2, 0.25) is 0 Å². The van der Waals surface area contributed by atoms with Crippen LogP contribution in [0.5, 0.6) is 5.75 Å². The summed E-state index contributed by atoms with van der Waals surface area (Å²) < 4.78 is 5.53. The summed E-state index contributed by atoms with van der Waals surface area (Å²) in [6.07, 6.45) is 0. The summed E-state index contributed by atoms with van der Waals surface area (Å²) >= 11 is 5.19. The topological polar surface area (TPSA) is 35.2 Å². The van der Waals surface area contributed by atoms with Gasteiger partial charge in [0.15, 0.2) is 5.05 Å². The predicted octanol–water partition coefficient (Wildman–Crippen LogP) is 3.02. The third-order valence-electron chi connectivity index (χ3n) is 2.13. The number of thiocarbonyl (C=S) groups is 1. The standard InChI is InChI=1S/C13H11NOS/c14-12-9-5-4-8-11(12)13(16)15-10-6-2-1-3-7-10/h1-9H,14H2. The molecule has 0 radical (unpaired) electrons. The van der Waals surface area contributed by atoms with Crippen molar-refractivity contribution in [2.45, 2.75) is 0 Å². The SMILES string of the molecule is Nc1ccccc1C(=S)Oc1ccccc1. The molecule has 0 saturated heterocycles. The lowest BCUT2D eigenvalue weighted by Crippen LogP contribution is -2.09. The molecule has 16 heavy (non-hydrogen) atoms. The van der Waals surface area contributed by atoms with Crippen LogP contribution < -0.4 is 10.5 Å². The summed E-state index contributed by atoms with van der Waals surface area (Å²) in [5.41, 5.74) is 7.19. The highest BCUT2D eigenvalue weighted by Crippen LogP contribution is 2.16. The van der Waals surface area contributed by atoms with Crippen molar-refractivity contribution < 1.29 is 4.74 Å². The number of nitrogens with two attached hydrogens (primary N) is 1. The van der Waals surface area contributed by atoms with E-state index in [4.69, 9.17) is 22.7 Å². The van der Waals surface area contributed by atoms with Crippen LogP contribution in [0.1, 0.15) is 5.56 Å². The van der Waals surface area contributed by atoms with Gasteiger partial charge < -0.3 is 10.5 Å². The first-order valence-corrected chi connectivity index (χ1v) is 5.30. The molecule has 0 fully saturated rings. The number of para-hydroxylation sites is 2. The zero-order valence-electron chi connectivity index (χ0n) is 8.59. The van der Waals surface area contributed by atoms with Gasteiger partial charge in [-0.2, -0.15) is 0 Å². The van der Waals surface area contributed by atoms with E-state index in [1.165, 1.54) is 0 Å². The Hall–Kier alpha value is -1.87. The molecule has 0 unspecified atom stereocenters. The van der Waals surface area contributed by atoms with Gasteiger partial charge in [-0.25, -0.2) is 0 Å². The fourth-order valence-electron chi connectivity index (χ4n) is 1.33. The van der Waals surface area contributed by atoms with E-state index in [0.717, 1.165) is 11.3 Å². The molecule has 0 aliphatic rings. The lowest BCUT2D eigenvalue weighted by molar-refractivity contribution is 0.567. The number of ether oxygens (including phenoxy) is 1. The summed E-state index contributed by atoms with van der Waals surface area (Å²) in [4.78, 5) is 0. The van der Waals surface area contributed by atoms with Crippen molar-refractivity contribution in [3.05, 3.63) is 60.2 Å². The van der Waals surface area contributed by atoms with Crippen molar-refractivity contribution in [2.24, 2.45) is 0 Å². The van der Waals surface area contributed by atoms with Crippen LogP contribution >= 0.6 is 12.2 Å². The van der Waals surface area contributed by atoms with Crippen LogP contribution in [-0.2, 0) is 0 Å². The number of nitrogen functional groups attached to an aromatic ring is 1. The van der Waals surface area contributed by atoms with Crippen LogP contribution in [0.4, 0.5) is 5.69 Å². The van der Waals surface area contributed by atoms with E-state index in [2.05, 4.69) is 0 Å². The van der Waals surface area contributed by atoms with Gasteiger partial charge in [0, 0.05) is 5.69 Å². The highest BCUT2D eigenvalue weighted by Gasteiger charge is 2.06. The molecule has 2 rings (SSSR count). The molecule has 0 heterocycles. The Bertz CT molecular complexity index is 496. The summed E-state index contributed by atoms with van der Waals surface area (Å²) in [5, 5.41) is 0.393. The van der Waals surface area contributed by atoms with E-state index < -0.39 is 0 Å². The van der Waals surface area contributed by atoms with E-state index in [1.54, 1.807) is 6.07 Å². The molecule has 0 aliphatic heterocycles. The molecule has 0 aromatic heterocycles. The maximum Gasteiger partial charge on any atom is 0.200 e. The van der Waals surface area contributed by atoms with Crippen LogP contribution in [0.3, 0.4) is 0 Å². The average Bonchev–Trinajstić information content (AvgIpc) is 2.31. The van der Waals surface area contributed by atoms with E-state index in [0.29, 0.717) is 10.7 Å². The highest BCUT2D eigenvalue weighted by molar-refractivity contribution is 7.80. The van der Waals surface area contributed by atoms with Gasteiger partial charge in [-0.15, -0.1) is 0 Å². The zero-order chi connectivity index (χ0) is 11.4. The monoisotopic (exact) mass is 229 g/mol. The van der Waals surface area contributed by atoms with Crippen molar-refractivity contribution in [1.29, 1.82) is 0 Å². The smallest absolute Gasteiger partial charge is 0.200 e. The van der Waals surface area contributed by atoms with Crippen molar-refractivity contribution in [2.75, 3.05) is 5.73 Å². The molecule has 0 aliphatic carbocycles. The molecule has 2 aromatic rings. The van der Waals surface area contributed by atoms with Crippen molar-refractivity contribution in [1.82, 2.24) is 0 Å². The summed E-state index contributed by atoms with van der Waals surface area (Å²) in [5.74, 6) is 0.718. The second-order valence-electron chi connectivity index (χ2n) is 3.29. The quantitative estimate of drug-likeness (QED) is 0.635. The van der Waals surface area contributed by atoms with Crippen LogP contribution in [0, 0.1) is 0 Å². The van der Waals surface area contributed by atoms with Gasteiger partial charge in [0.1, 0.15) is 5.75 Å². The zero-order valence-corrected chi connectivity index (χ0v) is 9.41. The molecule has 80 valence electrons. The molecule has 0 bridgehead atoms. The summed E-state index contributed by atoms with van der Waals surface area (Å²) in [6.45, 7) is 0. The summed E-state index contributed by atoms with van der Waals surface area (Å²) in [6, 6.07) is 16.8. The third kappa shape index (κ3) is 2.38. The van der Waals surface area contributed by atoms with E-state index in [1.807, 2.05) is 48.5 Å². The Kier molecular flexibility index (Phi) is 3.17. The molecular formula is C13H11NOS. The molecule has 0 atom stereocenters. The van der Waals surface area contributed by atoms with Gasteiger partial charge in [-0.3, -0.25) is 0 Å². The lowest BCUT2D eigenvalue weighted by atomic mass is 10.2. The number of benzene rings is 2. The first-order chi connectivity index (χ1) is 7.77. The molecule has 2 aromatic carbocycles. The van der Waals surface area contributed by atoms with Gasteiger partial charge in [-0.05, 0) is 36.5 Å². The Morgan fingerprint density at radius 1 is 0.938 bits per heavy atom. The van der Waals surface area contributed by atoms with Crippen LogP contribution in [-0.4, -0.2) is 5.05 Å². The second-order valence-corrected chi connectivity index (χ2v) is 3.66. The van der Waals surface area contributed by atoms with Gasteiger partial charge in [0.05, 0.1) is 5.56 Å². The van der Waals surface area contributed by atoms with Gasteiger partial charge >= 0.3 is 0 Å². The molecule has 0 amide bonds. The molecule has 2 N–H and O–H groups in total. The largest absolute Gasteiger partial charge is 0.445 e. The number of anilines is 1. The van der Waals surface area contributed by atoms with Gasteiger partial charge in [0.2, 0.25) is 0 Å². The summed E-state index contributed by atoms with van der Waals surface area (Å²) in [7, 11) is 0. The first-order valence-electron chi connectivity index (χ1n) is 4.89. The van der Waals surface area contributed by atoms with Crippen molar-refractivity contribution >= 4 is 23.0 Å². The van der Waals surface area contributed by atoms with Crippen molar-refractivity contribution in [3.8, 4) is 5.75 Å². The lowest BCUT2D eigenvalue weighted by Gasteiger charge is -2.08. The second kappa shape index (κ2) is 4.77. The maximum absolute atomic E-state index is 5.81. The van der Waals surface area contributed by atoms with Crippen molar-refractivity contribution in [3.63, 3.8) is 0 Å². The molecular weight excluding hydrogens is 218 g/mol. The van der Waals surface area contributed by atoms with Gasteiger partial charge in [-0.1, -0.05) is 30.3 Å². The minimum atomic E-state index is 0.393. The van der Waals surface area contributed by atoms with E-state index in [-0.39, 0.29) is 0 Å². The fraction of sp³-hybridized carbons (Fsp3) is 0. The third-order valence-corrected chi connectivity index (χ3v) is 2.44. The Morgan fingerprint density at radius 2 is 1.56 bits per heavy atom. The minimum Gasteiger partial charge on any atom is -0.445 e. The van der Waals surface area contributed by atoms with Crippen LogP contribution in [0.25, 0.3) is 0 Å².